The number of carbonyl (C=O) groups is 2. The van der Waals surface area contributed by atoms with Gasteiger partial charge in [0.25, 0.3) is 11.8 Å². The molecule has 0 radical (unpaired) electrons. The molecule has 3 N–H and O–H groups in total. The molecule has 0 bridgehead atoms. The van der Waals surface area contributed by atoms with Gasteiger partial charge in [-0.2, -0.15) is 0 Å². The molecule has 0 fully saturated rings. The number of carbonyl (C=O) groups excluding carboxylic acids is 2. The fraction of sp³-hybridized carbons (Fsp3) is 0.0476. The Hall–Kier alpha value is -3.99. The van der Waals surface area contributed by atoms with Crippen LogP contribution < -0.4 is 15.5 Å². The molecule has 0 atom stereocenters. The summed E-state index contributed by atoms with van der Waals surface area (Å²) in [7, 11) is 0. The fourth-order valence-electron chi connectivity index (χ4n) is 2.74. The minimum atomic E-state index is -1.95. The Morgan fingerprint density at radius 2 is 1.56 bits per heavy atom. The van der Waals surface area contributed by atoms with E-state index in [-0.39, 0.29) is 17.0 Å². The number of anilines is 1. The standard InChI is InChI=1S/C21H13F5N2O4/c1-9-6-10(22)2-5-15(9)32-16-8-14(24)18(25)19(26)17(16)21(30)27-11-3-4-13(23)12(7-11)20(29)28-31/h2-8,31H,1H3,(H,27,30)(H,28,29). The minimum Gasteiger partial charge on any atom is -0.456 e. The topological polar surface area (TPSA) is 87.7 Å². The third-order valence-electron chi connectivity index (χ3n) is 4.28. The summed E-state index contributed by atoms with van der Waals surface area (Å²) >= 11 is 0. The lowest BCUT2D eigenvalue weighted by molar-refractivity contribution is 0.0701. The van der Waals surface area contributed by atoms with Crippen LogP contribution in [0.15, 0.2) is 42.5 Å². The molecule has 2 amide bonds. The number of hydrogen-bond donors (Lipinski definition) is 3. The van der Waals surface area contributed by atoms with Crippen LogP contribution in [0.2, 0.25) is 0 Å². The predicted molar refractivity (Wildman–Crippen MR) is 101 cm³/mol. The Balaban J connectivity index is 2.02. The van der Waals surface area contributed by atoms with Crippen LogP contribution in [0, 0.1) is 36.0 Å². The van der Waals surface area contributed by atoms with Gasteiger partial charge in [-0.15, -0.1) is 0 Å². The highest BCUT2D eigenvalue weighted by molar-refractivity contribution is 6.07. The third kappa shape index (κ3) is 4.52. The molecule has 0 heterocycles. The van der Waals surface area contributed by atoms with E-state index in [2.05, 4.69) is 5.32 Å². The third-order valence-corrected chi connectivity index (χ3v) is 4.28. The molecule has 3 rings (SSSR count). The van der Waals surface area contributed by atoms with Gasteiger partial charge in [-0.05, 0) is 48.9 Å². The number of hydroxylamine groups is 1. The zero-order valence-electron chi connectivity index (χ0n) is 16.1. The first-order valence-corrected chi connectivity index (χ1v) is 8.79. The van der Waals surface area contributed by atoms with E-state index in [0.717, 1.165) is 36.4 Å². The molecule has 166 valence electrons. The van der Waals surface area contributed by atoms with Crippen molar-refractivity contribution < 1.29 is 41.5 Å². The van der Waals surface area contributed by atoms with Crippen LogP contribution in [0.1, 0.15) is 26.3 Å². The fourth-order valence-corrected chi connectivity index (χ4v) is 2.74. The van der Waals surface area contributed by atoms with Crippen LogP contribution in [-0.4, -0.2) is 17.0 Å². The second kappa shape index (κ2) is 9.02. The van der Waals surface area contributed by atoms with Gasteiger partial charge in [0.15, 0.2) is 17.5 Å². The van der Waals surface area contributed by atoms with E-state index in [0.29, 0.717) is 6.07 Å². The molecule has 0 saturated carbocycles. The summed E-state index contributed by atoms with van der Waals surface area (Å²) in [6.45, 7) is 1.43. The van der Waals surface area contributed by atoms with Crippen molar-refractivity contribution in [3.63, 3.8) is 0 Å². The lowest BCUT2D eigenvalue weighted by atomic mass is 10.1. The number of nitrogens with one attached hydrogen (secondary N) is 2. The number of aryl methyl sites for hydroxylation is 1. The van der Waals surface area contributed by atoms with Crippen molar-refractivity contribution in [1.82, 2.24) is 5.48 Å². The Morgan fingerprint density at radius 3 is 2.22 bits per heavy atom. The van der Waals surface area contributed by atoms with E-state index in [1.165, 1.54) is 12.4 Å². The van der Waals surface area contributed by atoms with Gasteiger partial charge in [0.05, 0.1) is 5.56 Å². The summed E-state index contributed by atoms with van der Waals surface area (Å²) in [5.41, 5.74) is -0.493. The second-order valence-corrected chi connectivity index (χ2v) is 6.46. The zero-order chi connectivity index (χ0) is 23.6. The van der Waals surface area contributed by atoms with Gasteiger partial charge in [0.1, 0.15) is 28.7 Å². The largest absolute Gasteiger partial charge is 0.456 e. The number of halogens is 5. The SMILES string of the molecule is Cc1cc(F)ccc1Oc1cc(F)c(F)c(F)c1C(=O)Nc1ccc(F)c(C(=O)NO)c1. The van der Waals surface area contributed by atoms with Gasteiger partial charge in [-0.25, -0.2) is 27.4 Å². The maximum atomic E-state index is 14.5. The molecule has 0 aromatic heterocycles. The van der Waals surface area contributed by atoms with Crippen LogP contribution >= 0.6 is 0 Å². The lowest BCUT2D eigenvalue weighted by Crippen LogP contribution is -2.21. The average molecular weight is 452 g/mol. The highest BCUT2D eigenvalue weighted by Gasteiger charge is 2.26. The average Bonchev–Trinajstić information content (AvgIpc) is 2.74. The smallest absolute Gasteiger partial charge is 0.277 e. The molecule has 0 aliphatic rings. The van der Waals surface area contributed by atoms with Gasteiger partial charge in [-0.3, -0.25) is 14.8 Å². The number of amides is 2. The van der Waals surface area contributed by atoms with Crippen molar-refractivity contribution in [2.45, 2.75) is 6.92 Å². The van der Waals surface area contributed by atoms with Gasteiger partial charge in [-0.1, -0.05) is 0 Å². The Bertz CT molecular complexity index is 1230. The van der Waals surface area contributed by atoms with E-state index in [1.54, 1.807) is 0 Å². The molecular formula is C21H13F5N2O4. The molecule has 3 aromatic carbocycles. The molecule has 32 heavy (non-hydrogen) atoms. The Labute approximate surface area is 177 Å². The summed E-state index contributed by atoms with van der Waals surface area (Å²) in [5, 5.41) is 10.8. The van der Waals surface area contributed by atoms with Gasteiger partial charge in [0.2, 0.25) is 0 Å². The number of hydrogen-bond acceptors (Lipinski definition) is 4. The number of benzene rings is 3. The van der Waals surface area contributed by atoms with Crippen LogP contribution in [0.3, 0.4) is 0 Å². The highest BCUT2D eigenvalue weighted by Crippen LogP contribution is 2.33. The lowest BCUT2D eigenvalue weighted by Gasteiger charge is -2.15. The molecule has 3 aromatic rings. The van der Waals surface area contributed by atoms with Gasteiger partial charge in [0, 0.05) is 11.8 Å². The first-order chi connectivity index (χ1) is 15.1. The van der Waals surface area contributed by atoms with E-state index in [1.807, 2.05) is 0 Å². The summed E-state index contributed by atoms with van der Waals surface area (Å²) in [6.07, 6.45) is 0. The molecule has 0 unspecified atom stereocenters. The number of ether oxygens (including phenoxy) is 1. The van der Waals surface area contributed by atoms with Crippen LogP contribution in [-0.2, 0) is 0 Å². The Kier molecular flexibility index (Phi) is 6.40. The first-order valence-electron chi connectivity index (χ1n) is 8.79. The highest BCUT2D eigenvalue weighted by atomic mass is 19.2. The normalized spacial score (nSPS) is 10.6. The summed E-state index contributed by atoms with van der Waals surface area (Å²) < 4.78 is 74.5. The van der Waals surface area contributed by atoms with E-state index < -0.39 is 57.8 Å². The van der Waals surface area contributed by atoms with E-state index in [4.69, 9.17) is 9.94 Å². The summed E-state index contributed by atoms with van der Waals surface area (Å²) in [5.74, 6) is -10.4. The van der Waals surface area contributed by atoms with Crippen LogP contribution in [0.4, 0.5) is 27.6 Å². The minimum absolute atomic E-state index is 0.0606. The summed E-state index contributed by atoms with van der Waals surface area (Å²) in [4.78, 5) is 24.1. The molecule has 11 heteroatoms. The maximum Gasteiger partial charge on any atom is 0.277 e. The van der Waals surface area contributed by atoms with Gasteiger partial charge >= 0.3 is 0 Å². The quantitative estimate of drug-likeness (QED) is 0.224. The molecule has 0 saturated heterocycles. The molecule has 0 aliphatic heterocycles. The van der Waals surface area contributed by atoms with Crippen molar-refractivity contribution >= 4 is 17.5 Å². The van der Waals surface area contributed by atoms with Crippen LogP contribution in [0.5, 0.6) is 11.5 Å². The molecule has 0 spiro atoms. The van der Waals surface area contributed by atoms with Crippen molar-refractivity contribution in [3.05, 3.63) is 88.2 Å². The van der Waals surface area contributed by atoms with E-state index >= 15 is 0 Å². The summed E-state index contributed by atoms with van der Waals surface area (Å²) in [6, 6.07) is 6.25. The van der Waals surface area contributed by atoms with Crippen molar-refractivity contribution in [3.8, 4) is 11.5 Å². The first kappa shape index (κ1) is 22.7. The zero-order valence-corrected chi connectivity index (χ0v) is 16.1. The Morgan fingerprint density at radius 1 is 0.844 bits per heavy atom. The van der Waals surface area contributed by atoms with Crippen molar-refractivity contribution in [2.75, 3.05) is 5.32 Å². The van der Waals surface area contributed by atoms with Crippen molar-refractivity contribution in [1.29, 1.82) is 0 Å². The number of rotatable bonds is 5. The monoisotopic (exact) mass is 452 g/mol. The van der Waals surface area contributed by atoms with E-state index in [9.17, 15) is 31.5 Å². The maximum absolute atomic E-state index is 14.5. The molecule has 0 aliphatic carbocycles. The van der Waals surface area contributed by atoms with Gasteiger partial charge < -0.3 is 10.1 Å². The van der Waals surface area contributed by atoms with Crippen molar-refractivity contribution in [2.24, 2.45) is 0 Å². The molecular weight excluding hydrogens is 439 g/mol. The predicted octanol–water partition coefficient (Wildman–Crippen LogP) is 4.85. The van der Waals surface area contributed by atoms with Crippen LogP contribution in [0.25, 0.3) is 0 Å². The molecule has 6 nitrogen and oxygen atoms in total. The second-order valence-electron chi connectivity index (χ2n) is 6.46.